The third-order valence-electron chi connectivity index (χ3n) is 2.70. The molecule has 18 heavy (non-hydrogen) atoms. The first-order valence-electron chi connectivity index (χ1n) is 6.01. The van der Waals surface area contributed by atoms with Crippen molar-refractivity contribution in [3.63, 3.8) is 0 Å². The maximum Gasteiger partial charge on any atom is 0.323 e. The molecule has 2 heterocycles. The van der Waals surface area contributed by atoms with Crippen LogP contribution in [0.5, 0.6) is 6.01 Å². The molecule has 0 aromatic carbocycles. The summed E-state index contributed by atoms with van der Waals surface area (Å²) in [5.41, 5.74) is 4.93. The second-order valence-electron chi connectivity index (χ2n) is 5.11. The lowest BCUT2D eigenvalue weighted by atomic mass is 10.1. The molecule has 0 aliphatic carbocycles. The number of nitrogens with two attached hydrogens (primary N) is 1. The molecule has 1 aliphatic heterocycles. The molecule has 2 rings (SSSR count). The number of rotatable bonds is 3. The Labute approximate surface area is 106 Å². The van der Waals surface area contributed by atoms with Crippen LogP contribution in [0.4, 0.5) is 11.9 Å². The van der Waals surface area contributed by atoms with E-state index in [0.717, 1.165) is 0 Å². The molecule has 1 aliphatic rings. The van der Waals surface area contributed by atoms with Crippen LogP contribution in [-0.2, 0) is 0 Å². The van der Waals surface area contributed by atoms with Gasteiger partial charge in [0.25, 0.3) is 0 Å². The van der Waals surface area contributed by atoms with E-state index < -0.39 is 5.60 Å². The van der Waals surface area contributed by atoms with Crippen LogP contribution in [0.2, 0.25) is 0 Å². The lowest BCUT2D eigenvalue weighted by Gasteiger charge is -2.19. The van der Waals surface area contributed by atoms with Crippen molar-refractivity contribution >= 4 is 11.9 Å². The number of β-amino-alcohol motifs (C(OH)–C–C–N with tert-alkyl or cyclic N) is 1. The van der Waals surface area contributed by atoms with Crippen LogP contribution in [-0.4, -0.2) is 44.9 Å². The molecule has 0 bridgehead atoms. The highest BCUT2D eigenvalue weighted by molar-refractivity contribution is 5.38. The molecule has 3 N–H and O–H groups in total. The molecule has 7 heteroatoms. The fourth-order valence-electron chi connectivity index (χ4n) is 1.88. The van der Waals surface area contributed by atoms with Gasteiger partial charge in [-0.05, 0) is 27.2 Å². The Balaban J connectivity index is 2.20. The second kappa shape index (κ2) is 4.56. The summed E-state index contributed by atoms with van der Waals surface area (Å²) >= 11 is 0. The molecule has 1 saturated heterocycles. The van der Waals surface area contributed by atoms with Gasteiger partial charge in [0.15, 0.2) is 0 Å². The normalized spacial score (nSPS) is 23.7. The van der Waals surface area contributed by atoms with Gasteiger partial charge >= 0.3 is 6.01 Å². The molecule has 7 nitrogen and oxygen atoms in total. The van der Waals surface area contributed by atoms with Crippen molar-refractivity contribution in [1.82, 2.24) is 15.0 Å². The maximum absolute atomic E-state index is 9.93. The van der Waals surface area contributed by atoms with Crippen molar-refractivity contribution in [2.75, 3.05) is 23.7 Å². The van der Waals surface area contributed by atoms with E-state index in [1.54, 1.807) is 6.92 Å². The number of nitrogen functional groups attached to an aromatic ring is 1. The lowest BCUT2D eigenvalue weighted by Crippen LogP contribution is -2.30. The molecule has 0 amide bonds. The third-order valence-corrected chi connectivity index (χ3v) is 2.70. The van der Waals surface area contributed by atoms with Crippen molar-refractivity contribution in [2.24, 2.45) is 0 Å². The zero-order chi connectivity index (χ0) is 13.3. The van der Waals surface area contributed by atoms with Crippen LogP contribution in [0.25, 0.3) is 0 Å². The molecule has 1 atom stereocenters. The molecule has 1 aromatic rings. The summed E-state index contributed by atoms with van der Waals surface area (Å²) in [6, 6.07) is 0.221. The Kier molecular flexibility index (Phi) is 3.25. The van der Waals surface area contributed by atoms with Gasteiger partial charge in [0.05, 0.1) is 11.7 Å². The van der Waals surface area contributed by atoms with Gasteiger partial charge in [-0.25, -0.2) is 0 Å². The van der Waals surface area contributed by atoms with Gasteiger partial charge in [-0.15, -0.1) is 0 Å². The molecule has 0 radical (unpaired) electrons. The molecule has 0 spiro atoms. The van der Waals surface area contributed by atoms with Crippen molar-refractivity contribution in [3.8, 4) is 6.01 Å². The van der Waals surface area contributed by atoms with Gasteiger partial charge in [-0.3, -0.25) is 0 Å². The van der Waals surface area contributed by atoms with E-state index >= 15 is 0 Å². The van der Waals surface area contributed by atoms with Crippen LogP contribution >= 0.6 is 0 Å². The van der Waals surface area contributed by atoms with Crippen LogP contribution in [0, 0.1) is 0 Å². The monoisotopic (exact) mass is 253 g/mol. The number of hydrogen-bond acceptors (Lipinski definition) is 7. The molecular formula is C11H19N5O2. The standard InChI is InChI=1S/C11H19N5O2/c1-7(2)18-10-14-8(12)13-9(15-10)16-5-4-11(3,17)6-16/h7,17H,4-6H2,1-3H3,(H2,12,13,14,15). The molecule has 0 saturated carbocycles. The summed E-state index contributed by atoms with van der Waals surface area (Å²) in [4.78, 5) is 14.1. The summed E-state index contributed by atoms with van der Waals surface area (Å²) in [7, 11) is 0. The number of aliphatic hydroxyl groups is 1. The number of nitrogens with zero attached hydrogens (tertiary/aromatic N) is 4. The zero-order valence-electron chi connectivity index (χ0n) is 10.9. The van der Waals surface area contributed by atoms with Crippen LogP contribution in [0.3, 0.4) is 0 Å². The minimum atomic E-state index is -0.708. The van der Waals surface area contributed by atoms with E-state index in [4.69, 9.17) is 10.5 Å². The van der Waals surface area contributed by atoms with Crippen molar-refractivity contribution in [1.29, 1.82) is 0 Å². The summed E-state index contributed by atoms with van der Waals surface area (Å²) in [6.07, 6.45) is 0.653. The molecule has 1 fully saturated rings. The smallest absolute Gasteiger partial charge is 0.323 e. The van der Waals surface area contributed by atoms with Crippen LogP contribution in [0.15, 0.2) is 0 Å². The molecule has 1 unspecified atom stereocenters. The SMILES string of the molecule is CC(C)Oc1nc(N)nc(N2CCC(C)(O)C2)n1. The number of ether oxygens (including phenoxy) is 1. The fourth-order valence-corrected chi connectivity index (χ4v) is 1.88. The Morgan fingerprint density at radius 3 is 2.67 bits per heavy atom. The van der Waals surface area contributed by atoms with Crippen molar-refractivity contribution in [2.45, 2.75) is 38.9 Å². The Bertz CT molecular complexity index is 435. The average Bonchev–Trinajstić information content (AvgIpc) is 2.57. The van der Waals surface area contributed by atoms with Gasteiger partial charge in [0.2, 0.25) is 11.9 Å². The zero-order valence-corrected chi connectivity index (χ0v) is 10.9. The second-order valence-corrected chi connectivity index (χ2v) is 5.11. The first kappa shape index (κ1) is 12.8. The van der Waals surface area contributed by atoms with E-state index in [1.165, 1.54) is 0 Å². The van der Waals surface area contributed by atoms with E-state index in [1.807, 2.05) is 18.7 Å². The summed E-state index contributed by atoms with van der Waals surface area (Å²) in [5.74, 6) is 0.582. The highest BCUT2D eigenvalue weighted by Crippen LogP contribution is 2.25. The average molecular weight is 253 g/mol. The van der Waals surface area contributed by atoms with Gasteiger partial charge in [-0.2, -0.15) is 15.0 Å². The minimum absolute atomic E-state index is 0.0265. The first-order chi connectivity index (χ1) is 8.35. The van der Waals surface area contributed by atoms with Crippen molar-refractivity contribution in [3.05, 3.63) is 0 Å². The molecule has 1 aromatic heterocycles. The largest absolute Gasteiger partial charge is 0.461 e. The van der Waals surface area contributed by atoms with E-state index in [2.05, 4.69) is 15.0 Å². The van der Waals surface area contributed by atoms with E-state index in [0.29, 0.717) is 25.5 Å². The third kappa shape index (κ3) is 2.98. The van der Waals surface area contributed by atoms with Crippen LogP contribution < -0.4 is 15.4 Å². The van der Waals surface area contributed by atoms with Crippen LogP contribution in [0.1, 0.15) is 27.2 Å². The highest BCUT2D eigenvalue weighted by Gasteiger charge is 2.33. The molecule has 100 valence electrons. The predicted molar refractivity (Wildman–Crippen MR) is 67.5 cm³/mol. The van der Waals surface area contributed by atoms with E-state index in [9.17, 15) is 5.11 Å². The first-order valence-corrected chi connectivity index (χ1v) is 6.01. The fraction of sp³-hybridized carbons (Fsp3) is 0.727. The van der Waals surface area contributed by atoms with Gasteiger partial charge < -0.3 is 20.5 Å². The number of anilines is 2. The topological polar surface area (TPSA) is 97.4 Å². The highest BCUT2D eigenvalue weighted by atomic mass is 16.5. The predicted octanol–water partition coefficient (Wildman–Crippen LogP) is 0.202. The van der Waals surface area contributed by atoms with E-state index in [-0.39, 0.29) is 18.1 Å². The Morgan fingerprint density at radius 2 is 2.11 bits per heavy atom. The summed E-state index contributed by atoms with van der Waals surface area (Å²) in [6.45, 7) is 6.75. The van der Waals surface area contributed by atoms with Crippen molar-refractivity contribution < 1.29 is 9.84 Å². The minimum Gasteiger partial charge on any atom is -0.461 e. The quantitative estimate of drug-likeness (QED) is 0.794. The summed E-state index contributed by atoms with van der Waals surface area (Å²) < 4.78 is 5.42. The lowest BCUT2D eigenvalue weighted by molar-refractivity contribution is 0.0838. The maximum atomic E-state index is 9.93. The Hall–Kier alpha value is -1.63. The number of hydrogen-bond donors (Lipinski definition) is 2. The van der Waals surface area contributed by atoms with Gasteiger partial charge in [0.1, 0.15) is 0 Å². The van der Waals surface area contributed by atoms with Gasteiger partial charge in [0, 0.05) is 13.1 Å². The molecular weight excluding hydrogens is 234 g/mol. The summed E-state index contributed by atoms with van der Waals surface area (Å²) in [5, 5.41) is 9.93. The Morgan fingerprint density at radius 1 is 1.39 bits per heavy atom. The van der Waals surface area contributed by atoms with Gasteiger partial charge in [-0.1, -0.05) is 0 Å². The number of aromatic nitrogens is 3.